The quantitative estimate of drug-likeness (QED) is 0.514. The van der Waals surface area contributed by atoms with Gasteiger partial charge in [0.15, 0.2) is 0 Å². The normalized spacial score (nSPS) is 10.2. The molecule has 0 aliphatic rings. The number of nitrogens with one attached hydrogen (secondary N) is 1. The minimum atomic E-state index is -0.166. The predicted molar refractivity (Wildman–Crippen MR) is 116 cm³/mol. The SMILES string of the molecule is Cc1oc(-c2ccccc2)nc1CC(=O)Nc1cccc(C#Cc2ccccn2)c1. The van der Waals surface area contributed by atoms with Crippen LogP contribution in [0.4, 0.5) is 5.69 Å². The van der Waals surface area contributed by atoms with E-state index in [1.807, 2.05) is 79.7 Å². The summed E-state index contributed by atoms with van der Waals surface area (Å²) in [6.07, 6.45) is 1.84. The van der Waals surface area contributed by atoms with E-state index in [1.54, 1.807) is 6.20 Å². The lowest BCUT2D eigenvalue weighted by Crippen LogP contribution is -2.15. The lowest BCUT2D eigenvalue weighted by Gasteiger charge is -2.04. The fraction of sp³-hybridized carbons (Fsp3) is 0.0800. The van der Waals surface area contributed by atoms with Crippen molar-refractivity contribution in [1.82, 2.24) is 9.97 Å². The molecule has 2 aromatic carbocycles. The average molecular weight is 393 g/mol. The molecular formula is C25H19N3O2. The zero-order valence-electron chi connectivity index (χ0n) is 16.4. The molecule has 0 bridgehead atoms. The largest absolute Gasteiger partial charge is 0.441 e. The summed E-state index contributed by atoms with van der Waals surface area (Å²) >= 11 is 0. The minimum absolute atomic E-state index is 0.131. The number of aryl methyl sites for hydroxylation is 1. The van der Waals surface area contributed by atoms with Gasteiger partial charge in [0.1, 0.15) is 11.5 Å². The van der Waals surface area contributed by atoms with Crippen LogP contribution in [0.25, 0.3) is 11.5 Å². The van der Waals surface area contributed by atoms with E-state index in [0.717, 1.165) is 11.1 Å². The number of hydrogen-bond acceptors (Lipinski definition) is 4. The average Bonchev–Trinajstić information content (AvgIpc) is 3.14. The van der Waals surface area contributed by atoms with Crippen molar-refractivity contribution in [2.75, 3.05) is 5.32 Å². The molecule has 146 valence electrons. The van der Waals surface area contributed by atoms with Crippen molar-refractivity contribution in [3.8, 4) is 23.3 Å². The van der Waals surface area contributed by atoms with Crippen LogP contribution in [-0.2, 0) is 11.2 Å². The van der Waals surface area contributed by atoms with Crippen LogP contribution in [0, 0.1) is 18.8 Å². The number of aromatic nitrogens is 2. The first-order chi connectivity index (χ1) is 14.7. The van der Waals surface area contributed by atoms with E-state index in [2.05, 4.69) is 27.1 Å². The smallest absolute Gasteiger partial charge is 0.230 e. The molecular weight excluding hydrogens is 374 g/mol. The molecule has 1 N–H and O–H groups in total. The maximum atomic E-state index is 12.5. The Morgan fingerprint density at radius 1 is 1.00 bits per heavy atom. The Kier molecular flexibility index (Phi) is 5.68. The van der Waals surface area contributed by atoms with Crippen LogP contribution >= 0.6 is 0 Å². The van der Waals surface area contributed by atoms with Crippen LogP contribution in [0.2, 0.25) is 0 Å². The maximum Gasteiger partial charge on any atom is 0.230 e. The topological polar surface area (TPSA) is 68.0 Å². The molecule has 0 aliphatic carbocycles. The number of carbonyl (C=O) groups is 1. The number of hydrogen-bond donors (Lipinski definition) is 1. The van der Waals surface area contributed by atoms with Crippen LogP contribution in [0.5, 0.6) is 0 Å². The fourth-order valence-corrected chi connectivity index (χ4v) is 2.90. The fourth-order valence-electron chi connectivity index (χ4n) is 2.90. The van der Waals surface area contributed by atoms with Gasteiger partial charge in [0.05, 0.1) is 12.1 Å². The highest BCUT2D eigenvalue weighted by atomic mass is 16.4. The molecule has 1 amide bonds. The summed E-state index contributed by atoms with van der Waals surface area (Å²) in [6, 6.07) is 22.6. The highest BCUT2D eigenvalue weighted by molar-refractivity contribution is 5.92. The van der Waals surface area contributed by atoms with Gasteiger partial charge in [-0.3, -0.25) is 4.79 Å². The van der Waals surface area contributed by atoms with E-state index in [0.29, 0.717) is 28.7 Å². The van der Waals surface area contributed by atoms with Gasteiger partial charge in [0.25, 0.3) is 0 Å². The minimum Gasteiger partial charge on any atom is -0.441 e. The molecule has 4 rings (SSSR count). The van der Waals surface area contributed by atoms with Gasteiger partial charge < -0.3 is 9.73 Å². The number of rotatable bonds is 4. The second-order valence-corrected chi connectivity index (χ2v) is 6.66. The summed E-state index contributed by atoms with van der Waals surface area (Å²) in [5.41, 5.74) is 3.67. The lowest BCUT2D eigenvalue weighted by molar-refractivity contribution is -0.115. The second kappa shape index (κ2) is 8.89. The summed E-state index contributed by atoms with van der Waals surface area (Å²) in [5.74, 6) is 7.06. The zero-order chi connectivity index (χ0) is 20.8. The van der Waals surface area contributed by atoms with Gasteiger partial charge in [-0.05, 0) is 55.3 Å². The monoisotopic (exact) mass is 393 g/mol. The first kappa shape index (κ1) is 19.2. The first-order valence-electron chi connectivity index (χ1n) is 9.52. The molecule has 0 spiro atoms. The predicted octanol–water partition coefficient (Wildman–Crippen LogP) is 4.63. The van der Waals surface area contributed by atoms with Gasteiger partial charge in [-0.15, -0.1) is 0 Å². The Bertz CT molecular complexity index is 1220. The molecule has 5 heteroatoms. The number of oxazole rings is 1. The third kappa shape index (κ3) is 4.81. The lowest BCUT2D eigenvalue weighted by atomic mass is 10.2. The van der Waals surface area contributed by atoms with Crippen molar-refractivity contribution < 1.29 is 9.21 Å². The molecule has 0 aliphatic heterocycles. The number of anilines is 1. The van der Waals surface area contributed by atoms with Crippen molar-refractivity contribution in [1.29, 1.82) is 0 Å². The van der Waals surface area contributed by atoms with Gasteiger partial charge in [0, 0.05) is 23.0 Å². The van der Waals surface area contributed by atoms with Gasteiger partial charge in [0.2, 0.25) is 11.8 Å². The number of nitrogens with zero attached hydrogens (tertiary/aromatic N) is 2. The van der Waals surface area contributed by atoms with Gasteiger partial charge in [-0.1, -0.05) is 36.3 Å². The number of carbonyl (C=O) groups excluding carboxylic acids is 1. The summed E-state index contributed by atoms with van der Waals surface area (Å²) in [6.45, 7) is 1.82. The summed E-state index contributed by atoms with van der Waals surface area (Å²) in [5, 5.41) is 2.90. The number of benzene rings is 2. The maximum absolute atomic E-state index is 12.5. The molecule has 2 aromatic heterocycles. The van der Waals surface area contributed by atoms with Crippen molar-refractivity contribution in [2.24, 2.45) is 0 Å². The second-order valence-electron chi connectivity index (χ2n) is 6.66. The van der Waals surface area contributed by atoms with Crippen LogP contribution in [-0.4, -0.2) is 15.9 Å². The van der Waals surface area contributed by atoms with E-state index in [4.69, 9.17) is 4.42 Å². The van der Waals surface area contributed by atoms with E-state index < -0.39 is 0 Å². The Morgan fingerprint density at radius 3 is 2.63 bits per heavy atom. The Hall–Kier alpha value is -4.17. The van der Waals surface area contributed by atoms with Gasteiger partial charge in [-0.25, -0.2) is 9.97 Å². The molecule has 0 radical (unpaired) electrons. The molecule has 5 nitrogen and oxygen atoms in total. The van der Waals surface area contributed by atoms with E-state index in [-0.39, 0.29) is 12.3 Å². The molecule has 0 fully saturated rings. The van der Waals surface area contributed by atoms with Crippen LogP contribution in [0.1, 0.15) is 22.7 Å². The van der Waals surface area contributed by atoms with Crippen molar-refractivity contribution in [2.45, 2.75) is 13.3 Å². The highest BCUT2D eigenvalue weighted by Crippen LogP contribution is 2.22. The zero-order valence-corrected chi connectivity index (χ0v) is 16.4. The van der Waals surface area contributed by atoms with Crippen LogP contribution in [0.3, 0.4) is 0 Å². The molecule has 4 aromatic rings. The molecule has 30 heavy (non-hydrogen) atoms. The van der Waals surface area contributed by atoms with Crippen molar-refractivity contribution >= 4 is 11.6 Å². The number of amides is 1. The molecule has 0 atom stereocenters. The molecule has 0 saturated carbocycles. The van der Waals surface area contributed by atoms with E-state index in [1.165, 1.54) is 0 Å². The molecule has 2 heterocycles. The standard InChI is InChI=1S/C25H19N3O2/c1-18-23(28-25(30-18)20-9-3-2-4-10-20)17-24(29)27-22-12-7-8-19(16-22)13-14-21-11-5-6-15-26-21/h2-12,15-16H,17H2,1H3,(H,27,29). The van der Waals surface area contributed by atoms with Gasteiger partial charge >= 0.3 is 0 Å². The van der Waals surface area contributed by atoms with Crippen molar-refractivity contribution in [3.05, 3.63) is 102 Å². The third-order valence-electron chi connectivity index (χ3n) is 4.39. The summed E-state index contributed by atoms with van der Waals surface area (Å²) < 4.78 is 5.73. The Labute approximate surface area is 174 Å². The third-order valence-corrected chi connectivity index (χ3v) is 4.39. The highest BCUT2D eigenvalue weighted by Gasteiger charge is 2.14. The Morgan fingerprint density at radius 2 is 1.83 bits per heavy atom. The van der Waals surface area contributed by atoms with Crippen LogP contribution in [0.15, 0.2) is 83.4 Å². The van der Waals surface area contributed by atoms with E-state index >= 15 is 0 Å². The molecule has 0 unspecified atom stereocenters. The first-order valence-corrected chi connectivity index (χ1v) is 9.52. The summed E-state index contributed by atoms with van der Waals surface area (Å²) in [7, 11) is 0. The molecule has 0 saturated heterocycles. The number of pyridine rings is 1. The summed E-state index contributed by atoms with van der Waals surface area (Å²) in [4.78, 5) is 21.2. The Balaban J connectivity index is 1.44. The van der Waals surface area contributed by atoms with Crippen LogP contribution < -0.4 is 5.32 Å². The van der Waals surface area contributed by atoms with E-state index in [9.17, 15) is 4.79 Å². The van der Waals surface area contributed by atoms with Crippen molar-refractivity contribution in [3.63, 3.8) is 0 Å². The van der Waals surface area contributed by atoms with Gasteiger partial charge in [-0.2, -0.15) is 0 Å².